The Morgan fingerprint density at radius 2 is 2.16 bits per heavy atom. The van der Waals surface area contributed by atoms with Gasteiger partial charge in [-0.25, -0.2) is 0 Å². The van der Waals surface area contributed by atoms with Gasteiger partial charge in [0, 0.05) is 6.54 Å². The predicted octanol–water partition coefficient (Wildman–Crippen LogP) is 0.801. The van der Waals surface area contributed by atoms with Crippen LogP contribution in [0.2, 0.25) is 0 Å². The smallest absolute Gasteiger partial charge is 0.323 e. The van der Waals surface area contributed by atoms with Crippen molar-refractivity contribution in [2.24, 2.45) is 0 Å². The number of rotatable bonds is 7. The lowest BCUT2D eigenvalue weighted by atomic mass is 10.3. The van der Waals surface area contributed by atoms with E-state index in [9.17, 15) is 14.4 Å². The molecule has 1 heterocycles. The van der Waals surface area contributed by atoms with Crippen LogP contribution in [0.25, 0.3) is 0 Å². The summed E-state index contributed by atoms with van der Waals surface area (Å²) in [5.41, 5.74) is 0. The molecule has 0 bridgehead atoms. The molecule has 0 radical (unpaired) electrons. The molecule has 0 aromatic carbocycles. The summed E-state index contributed by atoms with van der Waals surface area (Å²) in [7, 11) is 0. The summed E-state index contributed by atoms with van der Waals surface area (Å²) < 4.78 is 0. The van der Waals surface area contributed by atoms with Crippen molar-refractivity contribution in [3.05, 3.63) is 22.4 Å². The average Bonchev–Trinajstić information content (AvgIpc) is 2.88. The van der Waals surface area contributed by atoms with Crippen LogP contribution in [0.1, 0.15) is 23.0 Å². The standard InChI is InChI=1S/C12H16N2O4S/c1-2-5-14(8-11(16)17)10(15)7-13-12(18)9-4-3-6-19-9/h3-4,6H,2,5,7-8H2,1H3,(H,13,18)(H,16,17). The average molecular weight is 284 g/mol. The van der Waals surface area contributed by atoms with Gasteiger partial charge in [0.1, 0.15) is 6.54 Å². The van der Waals surface area contributed by atoms with E-state index in [0.29, 0.717) is 17.8 Å². The molecule has 0 aliphatic rings. The largest absolute Gasteiger partial charge is 0.480 e. The van der Waals surface area contributed by atoms with Gasteiger partial charge in [-0.2, -0.15) is 0 Å². The summed E-state index contributed by atoms with van der Waals surface area (Å²) in [6, 6.07) is 3.40. The number of thiophene rings is 1. The van der Waals surface area contributed by atoms with Crippen LogP contribution in [0.15, 0.2) is 17.5 Å². The third kappa shape index (κ3) is 5.09. The molecule has 1 aromatic heterocycles. The highest BCUT2D eigenvalue weighted by Crippen LogP contribution is 2.07. The van der Waals surface area contributed by atoms with E-state index in [-0.39, 0.29) is 19.0 Å². The van der Waals surface area contributed by atoms with Crippen LogP contribution < -0.4 is 5.32 Å². The number of amides is 2. The van der Waals surface area contributed by atoms with Gasteiger partial charge in [0.15, 0.2) is 0 Å². The van der Waals surface area contributed by atoms with E-state index < -0.39 is 11.9 Å². The van der Waals surface area contributed by atoms with Crippen molar-refractivity contribution in [1.82, 2.24) is 10.2 Å². The van der Waals surface area contributed by atoms with Crippen molar-refractivity contribution < 1.29 is 19.5 Å². The number of nitrogens with one attached hydrogen (secondary N) is 1. The number of carboxylic acids is 1. The quantitative estimate of drug-likeness (QED) is 0.775. The Morgan fingerprint density at radius 3 is 2.68 bits per heavy atom. The highest BCUT2D eigenvalue weighted by atomic mass is 32.1. The van der Waals surface area contributed by atoms with Gasteiger partial charge in [-0.3, -0.25) is 14.4 Å². The lowest BCUT2D eigenvalue weighted by Gasteiger charge is -2.19. The van der Waals surface area contributed by atoms with Gasteiger partial charge in [0.05, 0.1) is 11.4 Å². The highest BCUT2D eigenvalue weighted by Gasteiger charge is 2.17. The number of carboxylic acid groups (broad SMARTS) is 1. The second-order valence-corrected chi connectivity index (χ2v) is 4.82. The second-order valence-electron chi connectivity index (χ2n) is 3.87. The predicted molar refractivity (Wildman–Crippen MR) is 71.2 cm³/mol. The van der Waals surface area contributed by atoms with E-state index in [0.717, 1.165) is 0 Å². The lowest BCUT2D eigenvalue weighted by Crippen LogP contribution is -2.42. The molecule has 0 atom stereocenters. The van der Waals surface area contributed by atoms with Gasteiger partial charge in [-0.05, 0) is 17.9 Å². The van der Waals surface area contributed by atoms with Gasteiger partial charge in [-0.1, -0.05) is 13.0 Å². The number of hydrogen-bond acceptors (Lipinski definition) is 4. The van der Waals surface area contributed by atoms with Crippen molar-refractivity contribution in [2.75, 3.05) is 19.6 Å². The van der Waals surface area contributed by atoms with E-state index in [1.54, 1.807) is 17.5 Å². The maximum atomic E-state index is 11.8. The number of aliphatic carboxylic acids is 1. The second kappa shape index (κ2) is 7.52. The van der Waals surface area contributed by atoms with E-state index in [1.807, 2.05) is 6.92 Å². The van der Waals surface area contributed by atoms with Crippen molar-refractivity contribution in [3.63, 3.8) is 0 Å². The van der Waals surface area contributed by atoms with E-state index in [1.165, 1.54) is 16.2 Å². The number of hydrogen-bond donors (Lipinski definition) is 2. The SMILES string of the molecule is CCCN(CC(=O)O)C(=O)CNC(=O)c1cccs1. The fraction of sp³-hybridized carbons (Fsp3) is 0.417. The Labute approximate surface area is 115 Å². The molecule has 0 aliphatic heterocycles. The number of carbonyl (C=O) groups excluding carboxylic acids is 2. The Bertz CT molecular complexity index is 445. The zero-order chi connectivity index (χ0) is 14.3. The van der Waals surface area contributed by atoms with Crippen molar-refractivity contribution in [3.8, 4) is 0 Å². The van der Waals surface area contributed by atoms with Crippen molar-refractivity contribution in [2.45, 2.75) is 13.3 Å². The monoisotopic (exact) mass is 284 g/mol. The van der Waals surface area contributed by atoms with E-state index >= 15 is 0 Å². The van der Waals surface area contributed by atoms with Gasteiger partial charge in [0.2, 0.25) is 5.91 Å². The Kier molecular flexibility index (Phi) is 6.01. The Balaban J connectivity index is 2.47. The maximum absolute atomic E-state index is 11.8. The highest BCUT2D eigenvalue weighted by molar-refractivity contribution is 7.12. The minimum absolute atomic E-state index is 0.190. The Morgan fingerprint density at radius 1 is 1.42 bits per heavy atom. The summed E-state index contributed by atoms with van der Waals surface area (Å²) in [5.74, 6) is -1.78. The molecule has 7 heteroatoms. The van der Waals surface area contributed by atoms with Crippen molar-refractivity contribution >= 4 is 29.1 Å². The number of carbonyl (C=O) groups is 3. The molecule has 0 spiro atoms. The third-order valence-corrected chi connectivity index (χ3v) is 3.19. The van der Waals surface area contributed by atoms with Crippen LogP contribution >= 0.6 is 11.3 Å². The van der Waals surface area contributed by atoms with Crippen LogP contribution in [-0.4, -0.2) is 47.4 Å². The zero-order valence-electron chi connectivity index (χ0n) is 10.6. The molecule has 19 heavy (non-hydrogen) atoms. The molecule has 0 fully saturated rings. The van der Waals surface area contributed by atoms with Gasteiger partial charge in [-0.15, -0.1) is 11.3 Å². The molecule has 0 aliphatic carbocycles. The fourth-order valence-corrected chi connectivity index (χ4v) is 2.13. The van der Waals surface area contributed by atoms with Gasteiger partial charge >= 0.3 is 5.97 Å². The minimum Gasteiger partial charge on any atom is -0.480 e. The van der Waals surface area contributed by atoms with E-state index in [2.05, 4.69) is 5.32 Å². The molecule has 104 valence electrons. The first-order chi connectivity index (χ1) is 9.04. The Hall–Kier alpha value is -1.89. The van der Waals surface area contributed by atoms with E-state index in [4.69, 9.17) is 5.11 Å². The number of nitrogens with zero attached hydrogens (tertiary/aromatic N) is 1. The summed E-state index contributed by atoms with van der Waals surface area (Å²) in [4.78, 5) is 35.8. The van der Waals surface area contributed by atoms with Crippen LogP contribution in [0.5, 0.6) is 0 Å². The molecule has 2 amide bonds. The zero-order valence-corrected chi connectivity index (χ0v) is 11.4. The van der Waals surface area contributed by atoms with Gasteiger partial charge < -0.3 is 15.3 Å². The molecule has 0 saturated heterocycles. The summed E-state index contributed by atoms with van der Waals surface area (Å²) in [6.07, 6.45) is 0.665. The molecule has 2 N–H and O–H groups in total. The third-order valence-electron chi connectivity index (χ3n) is 2.32. The lowest BCUT2D eigenvalue weighted by molar-refractivity contribution is -0.144. The van der Waals surface area contributed by atoms with Crippen LogP contribution in [0, 0.1) is 0 Å². The summed E-state index contributed by atoms with van der Waals surface area (Å²) in [6.45, 7) is 1.68. The first-order valence-corrected chi connectivity index (χ1v) is 6.73. The normalized spacial score (nSPS) is 9.95. The maximum Gasteiger partial charge on any atom is 0.323 e. The van der Waals surface area contributed by atoms with Crippen LogP contribution in [0.4, 0.5) is 0 Å². The molecule has 0 saturated carbocycles. The fourth-order valence-electron chi connectivity index (χ4n) is 1.49. The summed E-state index contributed by atoms with van der Waals surface area (Å²) in [5, 5.41) is 13.0. The first kappa shape index (κ1) is 15.2. The first-order valence-electron chi connectivity index (χ1n) is 5.85. The molecule has 6 nitrogen and oxygen atoms in total. The molecule has 1 aromatic rings. The molecular formula is C12H16N2O4S. The summed E-state index contributed by atoms with van der Waals surface area (Å²) >= 11 is 1.28. The van der Waals surface area contributed by atoms with Crippen LogP contribution in [0.3, 0.4) is 0 Å². The van der Waals surface area contributed by atoms with Crippen molar-refractivity contribution in [1.29, 1.82) is 0 Å². The molecule has 0 unspecified atom stereocenters. The minimum atomic E-state index is -1.06. The van der Waals surface area contributed by atoms with Crippen LogP contribution in [-0.2, 0) is 9.59 Å². The topological polar surface area (TPSA) is 86.7 Å². The molecule has 1 rings (SSSR count). The van der Waals surface area contributed by atoms with Gasteiger partial charge in [0.25, 0.3) is 5.91 Å². The molecular weight excluding hydrogens is 268 g/mol.